The first-order valence-electron chi connectivity index (χ1n) is 7.95. The van der Waals surface area contributed by atoms with E-state index in [-0.39, 0.29) is 5.75 Å². The first-order chi connectivity index (χ1) is 10.6. The SMILES string of the molecule is COc1c(O)cccc1CN1C(C(=O)O)CC2CCCCC21. The quantitative estimate of drug-likeness (QED) is 0.895. The summed E-state index contributed by atoms with van der Waals surface area (Å²) >= 11 is 0. The van der Waals surface area contributed by atoms with Crippen LogP contribution < -0.4 is 4.74 Å². The van der Waals surface area contributed by atoms with Gasteiger partial charge in [0.05, 0.1) is 7.11 Å². The fraction of sp³-hybridized carbons (Fsp3) is 0.588. The lowest BCUT2D eigenvalue weighted by Gasteiger charge is -2.33. The predicted molar refractivity (Wildman–Crippen MR) is 82.0 cm³/mol. The second-order valence-electron chi connectivity index (χ2n) is 6.34. The second kappa shape index (κ2) is 6.16. The molecule has 1 aromatic rings. The summed E-state index contributed by atoms with van der Waals surface area (Å²) in [7, 11) is 1.53. The Morgan fingerprint density at radius 3 is 2.86 bits per heavy atom. The Balaban J connectivity index is 1.88. The molecular formula is C17H23NO4. The number of aromatic hydroxyl groups is 1. The van der Waals surface area contributed by atoms with Crippen LogP contribution in [0.4, 0.5) is 0 Å². The van der Waals surface area contributed by atoms with Crippen LogP contribution >= 0.6 is 0 Å². The zero-order chi connectivity index (χ0) is 15.7. The summed E-state index contributed by atoms with van der Waals surface area (Å²) in [4.78, 5) is 13.7. The van der Waals surface area contributed by atoms with Crippen LogP contribution in [0.1, 0.15) is 37.7 Å². The van der Waals surface area contributed by atoms with Crippen LogP contribution in [-0.4, -0.2) is 40.3 Å². The third kappa shape index (κ3) is 2.65. The average molecular weight is 305 g/mol. The van der Waals surface area contributed by atoms with E-state index in [1.54, 1.807) is 12.1 Å². The maximum absolute atomic E-state index is 11.6. The molecule has 0 aromatic heterocycles. The lowest BCUT2D eigenvalue weighted by atomic mass is 9.84. The van der Waals surface area contributed by atoms with Crippen LogP contribution in [0.15, 0.2) is 18.2 Å². The van der Waals surface area contributed by atoms with Crippen LogP contribution in [0.3, 0.4) is 0 Å². The first-order valence-corrected chi connectivity index (χ1v) is 7.95. The molecule has 0 radical (unpaired) electrons. The maximum atomic E-state index is 11.6. The van der Waals surface area contributed by atoms with Gasteiger partial charge in [0.1, 0.15) is 6.04 Å². The smallest absolute Gasteiger partial charge is 0.320 e. The lowest BCUT2D eigenvalue weighted by molar-refractivity contribution is -0.142. The van der Waals surface area contributed by atoms with Gasteiger partial charge in [-0.2, -0.15) is 0 Å². The summed E-state index contributed by atoms with van der Waals surface area (Å²) in [5.74, 6) is 0.295. The number of benzene rings is 1. The minimum atomic E-state index is -0.742. The van der Waals surface area contributed by atoms with Gasteiger partial charge in [0.2, 0.25) is 0 Å². The molecule has 1 saturated heterocycles. The number of likely N-dealkylation sites (tertiary alicyclic amines) is 1. The van der Waals surface area contributed by atoms with Gasteiger partial charge in [0, 0.05) is 18.2 Å². The Labute approximate surface area is 130 Å². The number of phenols is 1. The topological polar surface area (TPSA) is 70.0 Å². The zero-order valence-corrected chi connectivity index (χ0v) is 12.9. The zero-order valence-electron chi connectivity index (χ0n) is 12.9. The third-order valence-corrected chi connectivity index (χ3v) is 5.14. The summed E-state index contributed by atoms with van der Waals surface area (Å²) in [6, 6.07) is 5.16. The molecule has 1 aromatic carbocycles. The number of carbonyl (C=O) groups is 1. The van der Waals surface area contributed by atoms with E-state index in [0.717, 1.165) is 24.8 Å². The summed E-state index contributed by atoms with van der Waals surface area (Å²) in [6.45, 7) is 0.510. The van der Waals surface area contributed by atoms with Crippen molar-refractivity contribution in [2.45, 2.75) is 50.7 Å². The van der Waals surface area contributed by atoms with Gasteiger partial charge in [0.25, 0.3) is 0 Å². The molecule has 1 saturated carbocycles. The van der Waals surface area contributed by atoms with Gasteiger partial charge in [-0.05, 0) is 31.2 Å². The van der Waals surface area contributed by atoms with Crippen molar-refractivity contribution in [2.75, 3.05) is 7.11 Å². The van der Waals surface area contributed by atoms with Crippen LogP contribution in [0.25, 0.3) is 0 Å². The van der Waals surface area contributed by atoms with Gasteiger partial charge in [0.15, 0.2) is 11.5 Å². The largest absolute Gasteiger partial charge is 0.504 e. The molecule has 0 bridgehead atoms. The molecule has 22 heavy (non-hydrogen) atoms. The molecular weight excluding hydrogens is 282 g/mol. The number of aliphatic carboxylic acids is 1. The molecule has 0 amide bonds. The summed E-state index contributed by atoms with van der Waals surface area (Å²) in [6.07, 6.45) is 5.30. The molecule has 0 spiro atoms. The van der Waals surface area contributed by atoms with Crippen molar-refractivity contribution in [2.24, 2.45) is 5.92 Å². The number of nitrogens with zero attached hydrogens (tertiary/aromatic N) is 1. The Hall–Kier alpha value is -1.75. The van der Waals surface area contributed by atoms with Crippen molar-refractivity contribution in [3.8, 4) is 11.5 Å². The highest BCUT2D eigenvalue weighted by Gasteiger charge is 2.45. The Bertz CT molecular complexity index is 560. The van der Waals surface area contributed by atoms with Crippen molar-refractivity contribution < 1.29 is 19.7 Å². The minimum absolute atomic E-state index is 0.103. The number of para-hydroxylation sites is 1. The molecule has 1 aliphatic heterocycles. The summed E-state index contributed by atoms with van der Waals surface area (Å²) < 4.78 is 5.29. The Morgan fingerprint density at radius 2 is 2.14 bits per heavy atom. The first kappa shape index (κ1) is 15.2. The number of carboxylic acids is 1. The second-order valence-corrected chi connectivity index (χ2v) is 6.34. The molecule has 2 aliphatic rings. The van der Waals surface area contributed by atoms with Crippen LogP contribution in [-0.2, 0) is 11.3 Å². The third-order valence-electron chi connectivity index (χ3n) is 5.14. The predicted octanol–water partition coefficient (Wildman–Crippen LogP) is 2.62. The standard InChI is InChI=1S/C17H23NO4/c1-22-16-12(6-4-8-15(16)19)10-18-13-7-3-2-5-11(13)9-14(18)17(20)21/h4,6,8,11,13-14,19H,2-3,5,7,9-10H2,1H3,(H,20,21). The van der Waals surface area contributed by atoms with Crippen LogP contribution in [0.5, 0.6) is 11.5 Å². The fourth-order valence-corrected chi connectivity index (χ4v) is 4.15. The highest BCUT2D eigenvalue weighted by molar-refractivity contribution is 5.74. The number of hydrogen-bond acceptors (Lipinski definition) is 4. The number of fused-ring (bicyclic) bond motifs is 1. The van der Waals surface area contributed by atoms with Gasteiger partial charge in [-0.1, -0.05) is 25.0 Å². The van der Waals surface area contributed by atoms with Crippen LogP contribution in [0.2, 0.25) is 0 Å². The van der Waals surface area contributed by atoms with E-state index in [9.17, 15) is 15.0 Å². The lowest BCUT2D eigenvalue weighted by Crippen LogP contribution is -2.41. The molecule has 1 aliphatic carbocycles. The van der Waals surface area contributed by atoms with E-state index >= 15 is 0 Å². The number of rotatable bonds is 4. The van der Waals surface area contributed by atoms with Gasteiger partial charge in [-0.3, -0.25) is 9.69 Å². The van der Waals surface area contributed by atoms with Crippen molar-refractivity contribution in [1.29, 1.82) is 0 Å². The number of phenolic OH excluding ortho intramolecular Hbond substituents is 1. The molecule has 3 atom stereocenters. The number of hydrogen-bond donors (Lipinski definition) is 2. The monoisotopic (exact) mass is 305 g/mol. The number of ether oxygens (including phenoxy) is 1. The Kier molecular flexibility index (Phi) is 4.25. The van der Waals surface area contributed by atoms with Gasteiger partial charge >= 0.3 is 5.97 Å². The molecule has 2 fully saturated rings. The summed E-state index contributed by atoms with van der Waals surface area (Å²) in [5, 5.41) is 19.5. The summed E-state index contributed by atoms with van der Waals surface area (Å²) in [5.41, 5.74) is 0.847. The average Bonchev–Trinajstić information content (AvgIpc) is 2.87. The fourth-order valence-electron chi connectivity index (χ4n) is 4.15. The molecule has 2 N–H and O–H groups in total. The molecule has 5 nitrogen and oxygen atoms in total. The van der Waals surface area contributed by atoms with Crippen molar-refractivity contribution in [3.63, 3.8) is 0 Å². The van der Waals surface area contributed by atoms with E-state index in [1.807, 2.05) is 6.07 Å². The molecule has 1 heterocycles. The van der Waals surface area contributed by atoms with E-state index in [2.05, 4.69) is 4.90 Å². The maximum Gasteiger partial charge on any atom is 0.320 e. The molecule has 5 heteroatoms. The minimum Gasteiger partial charge on any atom is -0.504 e. The van der Waals surface area contributed by atoms with E-state index in [4.69, 9.17) is 4.74 Å². The Morgan fingerprint density at radius 1 is 1.36 bits per heavy atom. The van der Waals surface area contributed by atoms with Gasteiger partial charge in [-0.25, -0.2) is 0 Å². The van der Waals surface area contributed by atoms with E-state index in [1.165, 1.54) is 20.0 Å². The molecule has 3 rings (SSSR count). The van der Waals surface area contributed by atoms with Gasteiger partial charge in [-0.15, -0.1) is 0 Å². The van der Waals surface area contributed by atoms with E-state index < -0.39 is 12.0 Å². The molecule has 3 unspecified atom stereocenters. The van der Waals surface area contributed by atoms with Crippen molar-refractivity contribution in [1.82, 2.24) is 4.90 Å². The molecule has 120 valence electrons. The highest BCUT2D eigenvalue weighted by Crippen LogP contribution is 2.42. The number of methoxy groups -OCH3 is 1. The normalized spacial score (nSPS) is 28.3. The van der Waals surface area contributed by atoms with Crippen molar-refractivity contribution >= 4 is 5.97 Å². The number of carboxylic acid groups (broad SMARTS) is 1. The van der Waals surface area contributed by atoms with Crippen LogP contribution in [0, 0.1) is 5.92 Å². The van der Waals surface area contributed by atoms with Gasteiger partial charge < -0.3 is 14.9 Å². The van der Waals surface area contributed by atoms with E-state index in [0.29, 0.717) is 24.3 Å². The highest BCUT2D eigenvalue weighted by atomic mass is 16.5. The van der Waals surface area contributed by atoms with Crippen molar-refractivity contribution in [3.05, 3.63) is 23.8 Å².